The molecular formula is C24H22FN3O4. The van der Waals surface area contributed by atoms with E-state index in [1.165, 1.54) is 36.9 Å². The maximum Gasteiger partial charge on any atom is 0.330 e. The fourth-order valence-corrected chi connectivity index (χ4v) is 3.70. The first kappa shape index (κ1) is 21.3. The molecule has 0 amide bonds. The monoisotopic (exact) mass is 435 g/mol. The Hall–Kier alpha value is -3.94. The van der Waals surface area contributed by atoms with Crippen LogP contribution in [0.1, 0.15) is 17.7 Å². The van der Waals surface area contributed by atoms with Gasteiger partial charge >= 0.3 is 11.7 Å². The zero-order chi connectivity index (χ0) is 22.8. The van der Waals surface area contributed by atoms with E-state index in [0.717, 1.165) is 26.9 Å². The van der Waals surface area contributed by atoms with Gasteiger partial charge in [-0.1, -0.05) is 30.3 Å². The van der Waals surface area contributed by atoms with Gasteiger partial charge in [-0.2, -0.15) is 0 Å². The minimum Gasteiger partial charge on any atom is -0.459 e. The normalized spacial score (nSPS) is 11.1. The van der Waals surface area contributed by atoms with Gasteiger partial charge in [0.05, 0.1) is 5.69 Å². The molecule has 4 rings (SSSR count). The van der Waals surface area contributed by atoms with Crippen molar-refractivity contribution in [1.29, 1.82) is 0 Å². The van der Waals surface area contributed by atoms with E-state index in [0.29, 0.717) is 17.5 Å². The Kier molecular flexibility index (Phi) is 5.77. The number of hydrogen-bond donors (Lipinski definition) is 1. The zero-order valence-electron chi connectivity index (χ0n) is 17.7. The van der Waals surface area contributed by atoms with Gasteiger partial charge in [0.2, 0.25) is 0 Å². The Morgan fingerprint density at radius 3 is 2.53 bits per heavy atom. The van der Waals surface area contributed by atoms with Gasteiger partial charge < -0.3 is 9.72 Å². The topological polar surface area (TPSA) is 86.1 Å². The molecule has 7 nitrogen and oxygen atoms in total. The van der Waals surface area contributed by atoms with E-state index >= 15 is 0 Å². The number of aromatic amines is 1. The average Bonchev–Trinajstić information content (AvgIpc) is 3.16. The third-order valence-corrected chi connectivity index (χ3v) is 5.52. The summed E-state index contributed by atoms with van der Waals surface area (Å²) in [5.41, 5.74) is 2.72. The predicted octanol–water partition coefficient (Wildman–Crippen LogP) is 3.05. The van der Waals surface area contributed by atoms with Gasteiger partial charge in [0.1, 0.15) is 12.4 Å². The standard InChI is InChI=1S/C24H22FN3O4/c1-27-17(13-21(29)28(2)24(27)31)14-32-22(30)11-9-18-19-12-16(25)8-10-20(19)26-23(18)15-6-4-3-5-7-15/h3-8,10,12-13,26H,9,11,14H2,1-2H3. The highest BCUT2D eigenvalue weighted by Gasteiger charge is 2.16. The average molecular weight is 435 g/mol. The molecular weight excluding hydrogens is 413 g/mol. The summed E-state index contributed by atoms with van der Waals surface area (Å²) in [6, 6.07) is 15.4. The number of nitrogens with one attached hydrogen (secondary N) is 1. The van der Waals surface area contributed by atoms with Gasteiger partial charge in [-0.25, -0.2) is 9.18 Å². The molecule has 2 heterocycles. The van der Waals surface area contributed by atoms with Crippen molar-refractivity contribution in [2.45, 2.75) is 19.4 Å². The third-order valence-electron chi connectivity index (χ3n) is 5.52. The van der Waals surface area contributed by atoms with Crippen molar-refractivity contribution in [3.63, 3.8) is 0 Å². The van der Waals surface area contributed by atoms with Crippen LogP contribution in [0.5, 0.6) is 0 Å². The number of halogens is 1. The molecule has 0 saturated heterocycles. The van der Waals surface area contributed by atoms with Crippen LogP contribution in [-0.4, -0.2) is 20.1 Å². The van der Waals surface area contributed by atoms with Gasteiger partial charge in [-0.15, -0.1) is 0 Å². The number of nitrogens with zero attached hydrogens (tertiary/aromatic N) is 2. The largest absolute Gasteiger partial charge is 0.459 e. The molecule has 32 heavy (non-hydrogen) atoms. The zero-order valence-corrected chi connectivity index (χ0v) is 17.7. The second-order valence-corrected chi connectivity index (χ2v) is 7.57. The summed E-state index contributed by atoms with van der Waals surface area (Å²) in [7, 11) is 2.90. The smallest absolute Gasteiger partial charge is 0.330 e. The SMILES string of the molecule is Cn1c(COC(=O)CCc2c(-c3ccccc3)[nH]c3ccc(F)cc23)cc(=O)n(C)c1=O. The third kappa shape index (κ3) is 4.12. The lowest BCUT2D eigenvalue weighted by molar-refractivity contribution is -0.145. The number of ether oxygens (including phenoxy) is 1. The predicted molar refractivity (Wildman–Crippen MR) is 119 cm³/mol. The molecule has 2 aromatic heterocycles. The first-order chi connectivity index (χ1) is 15.3. The number of H-pyrrole nitrogens is 1. The molecule has 0 atom stereocenters. The van der Waals surface area contributed by atoms with E-state index in [-0.39, 0.29) is 18.8 Å². The first-order valence-corrected chi connectivity index (χ1v) is 10.1. The van der Waals surface area contributed by atoms with Crippen LogP contribution in [0.2, 0.25) is 0 Å². The number of aromatic nitrogens is 3. The maximum absolute atomic E-state index is 13.9. The molecule has 0 aliphatic rings. The van der Waals surface area contributed by atoms with E-state index in [9.17, 15) is 18.8 Å². The number of rotatable bonds is 6. The van der Waals surface area contributed by atoms with Crippen molar-refractivity contribution in [3.8, 4) is 11.3 Å². The molecule has 8 heteroatoms. The van der Waals surface area contributed by atoms with Crippen molar-refractivity contribution in [2.75, 3.05) is 0 Å². The highest BCUT2D eigenvalue weighted by Crippen LogP contribution is 2.31. The molecule has 0 unspecified atom stereocenters. The van der Waals surface area contributed by atoms with Gasteiger partial charge in [0.15, 0.2) is 0 Å². The van der Waals surface area contributed by atoms with Crippen LogP contribution in [0.3, 0.4) is 0 Å². The van der Waals surface area contributed by atoms with Crippen LogP contribution >= 0.6 is 0 Å². The highest BCUT2D eigenvalue weighted by molar-refractivity contribution is 5.91. The Morgan fingerprint density at radius 1 is 1.03 bits per heavy atom. The van der Waals surface area contributed by atoms with Crippen LogP contribution in [0.15, 0.2) is 64.2 Å². The fourth-order valence-electron chi connectivity index (χ4n) is 3.70. The first-order valence-electron chi connectivity index (χ1n) is 10.1. The number of hydrogen-bond acceptors (Lipinski definition) is 4. The second kappa shape index (κ2) is 8.66. The van der Waals surface area contributed by atoms with E-state index in [1.807, 2.05) is 30.3 Å². The summed E-state index contributed by atoms with van der Waals surface area (Å²) in [4.78, 5) is 39.6. The maximum atomic E-state index is 13.9. The van der Waals surface area contributed by atoms with Gasteiger partial charge in [-0.05, 0) is 35.7 Å². The van der Waals surface area contributed by atoms with E-state index < -0.39 is 17.2 Å². The van der Waals surface area contributed by atoms with Crippen molar-refractivity contribution in [1.82, 2.24) is 14.1 Å². The van der Waals surface area contributed by atoms with Crippen LogP contribution in [0.4, 0.5) is 4.39 Å². The molecule has 0 spiro atoms. The Morgan fingerprint density at radius 2 is 1.78 bits per heavy atom. The molecule has 1 N–H and O–H groups in total. The highest BCUT2D eigenvalue weighted by atomic mass is 19.1. The molecule has 164 valence electrons. The molecule has 4 aromatic rings. The summed E-state index contributed by atoms with van der Waals surface area (Å²) in [6.45, 7) is -0.186. The lowest BCUT2D eigenvalue weighted by Gasteiger charge is -2.10. The van der Waals surface area contributed by atoms with Gasteiger partial charge in [0, 0.05) is 43.2 Å². The molecule has 0 aliphatic heterocycles. The van der Waals surface area contributed by atoms with E-state index in [1.54, 1.807) is 6.07 Å². The van der Waals surface area contributed by atoms with Crippen LogP contribution in [0, 0.1) is 5.82 Å². The summed E-state index contributed by atoms with van der Waals surface area (Å²) < 4.78 is 21.5. The lowest BCUT2D eigenvalue weighted by Crippen LogP contribution is -2.38. The van der Waals surface area contributed by atoms with Crippen molar-refractivity contribution in [2.24, 2.45) is 14.1 Å². The molecule has 0 fully saturated rings. The summed E-state index contributed by atoms with van der Waals surface area (Å²) in [6.07, 6.45) is 0.393. The van der Waals surface area contributed by atoms with Crippen molar-refractivity contribution < 1.29 is 13.9 Å². The molecule has 0 radical (unpaired) electrons. The molecule has 0 saturated carbocycles. The summed E-state index contributed by atoms with van der Waals surface area (Å²) in [5.74, 6) is -0.839. The Bertz CT molecular complexity index is 1420. The number of carbonyl (C=O) groups excluding carboxylic acids is 1. The minimum absolute atomic E-state index is 0.0576. The number of esters is 1. The van der Waals surface area contributed by atoms with Crippen molar-refractivity contribution >= 4 is 16.9 Å². The van der Waals surface area contributed by atoms with Gasteiger partial charge in [-0.3, -0.25) is 18.7 Å². The Labute approximate surface area is 182 Å². The Balaban J connectivity index is 1.54. The van der Waals surface area contributed by atoms with Crippen molar-refractivity contribution in [3.05, 3.63) is 92.5 Å². The second-order valence-electron chi connectivity index (χ2n) is 7.57. The minimum atomic E-state index is -0.489. The molecule has 0 aliphatic carbocycles. The van der Waals surface area contributed by atoms with Crippen LogP contribution < -0.4 is 11.2 Å². The van der Waals surface area contributed by atoms with Crippen LogP contribution in [-0.2, 0) is 36.7 Å². The van der Waals surface area contributed by atoms with Gasteiger partial charge in [0.25, 0.3) is 5.56 Å². The summed E-state index contributed by atoms with van der Waals surface area (Å²) in [5, 5.41) is 0.714. The number of fused-ring (bicyclic) bond motifs is 1. The van der Waals surface area contributed by atoms with Crippen LogP contribution in [0.25, 0.3) is 22.2 Å². The summed E-state index contributed by atoms with van der Waals surface area (Å²) >= 11 is 0. The lowest BCUT2D eigenvalue weighted by atomic mass is 10.0. The quantitative estimate of drug-likeness (QED) is 0.472. The van der Waals surface area contributed by atoms with E-state index in [2.05, 4.69) is 4.98 Å². The molecule has 0 bridgehead atoms. The van der Waals surface area contributed by atoms with E-state index in [4.69, 9.17) is 4.74 Å². The fraction of sp³-hybridized carbons (Fsp3) is 0.208. The number of benzene rings is 2. The number of aryl methyl sites for hydroxylation is 1. The number of carbonyl (C=O) groups is 1. The molecule has 2 aromatic carbocycles.